The lowest BCUT2D eigenvalue weighted by molar-refractivity contribution is 0.0949. The van der Waals surface area contributed by atoms with Crippen LogP contribution in [0.25, 0.3) is 11.1 Å². The Balaban J connectivity index is 1.85. The number of benzene rings is 1. The number of hydrogen-bond donors (Lipinski definition) is 0. The van der Waals surface area contributed by atoms with Crippen LogP contribution in [0.2, 0.25) is 0 Å². The third-order valence-electron chi connectivity index (χ3n) is 4.75. The molecule has 2 bridgehead atoms. The summed E-state index contributed by atoms with van der Waals surface area (Å²) < 4.78 is 6.05. The Labute approximate surface area is 107 Å². The number of fused-ring (bicyclic) bond motifs is 3. The molecule has 3 nitrogen and oxygen atoms in total. The minimum Gasteiger partial charge on any atom is -0.439 e. The van der Waals surface area contributed by atoms with Gasteiger partial charge < -0.3 is 4.42 Å². The van der Waals surface area contributed by atoms with Crippen LogP contribution in [0.1, 0.15) is 32.1 Å². The van der Waals surface area contributed by atoms with Crippen LogP contribution in [0.4, 0.5) is 0 Å². The predicted molar refractivity (Wildman–Crippen MR) is 70.3 cm³/mol. The number of hydrogen-bond acceptors (Lipinski definition) is 3. The van der Waals surface area contributed by atoms with E-state index in [4.69, 9.17) is 9.40 Å². The van der Waals surface area contributed by atoms with Gasteiger partial charge in [-0.05, 0) is 43.9 Å². The van der Waals surface area contributed by atoms with Crippen molar-refractivity contribution in [3.63, 3.8) is 0 Å². The molecule has 4 rings (SSSR count). The molecule has 1 aromatic heterocycles. The van der Waals surface area contributed by atoms with Crippen LogP contribution in [-0.4, -0.2) is 23.0 Å². The SMILES string of the molecule is CCN1C[C@H]2CC[C@]1(c1nc3ccccc3o1)C2. The van der Waals surface area contributed by atoms with E-state index in [9.17, 15) is 0 Å². The summed E-state index contributed by atoms with van der Waals surface area (Å²) in [7, 11) is 0. The first-order chi connectivity index (χ1) is 8.82. The Kier molecular flexibility index (Phi) is 2.10. The zero-order valence-corrected chi connectivity index (χ0v) is 10.7. The van der Waals surface area contributed by atoms with E-state index in [1.165, 1.54) is 25.8 Å². The number of para-hydroxylation sites is 2. The number of rotatable bonds is 2. The molecule has 2 fully saturated rings. The molecule has 2 aromatic rings. The second kappa shape index (κ2) is 3.58. The number of piperidine rings is 1. The standard InChI is InChI=1S/C15H18N2O/c1-2-17-10-11-7-8-15(17,9-11)14-16-12-5-3-4-6-13(12)18-14/h3-6,11H,2,7-10H2,1H3/t11-,15+/m0/s1. The quantitative estimate of drug-likeness (QED) is 0.810. The Morgan fingerprint density at radius 2 is 2.33 bits per heavy atom. The van der Waals surface area contributed by atoms with Gasteiger partial charge in [-0.3, -0.25) is 4.90 Å². The molecule has 0 radical (unpaired) electrons. The summed E-state index contributed by atoms with van der Waals surface area (Å²) in [4.78, 5) is 7.32. The van der Waals surface area contributed by atoms with Gasteiger partial charge in [-0.25, -0.2) is 4.98 Å². The van der Waals surface area contributed by atoms with Gasteiger partial charge in [0.15, 0.2) is 5.58 Å². The lowest BCUT2D eigenvalue weighted by Gasteiger charge is -2.35. The highest BCUT2D eigenvalue weighted by molar-refractivity contribution is 5.72. The minimum atomic E-state index is 0.0957. The van der Waals surface area contributed by atoms with Crippen LogP contribution in [0.5, 0.6) is 0 Å². The molecule has 2 atom stereocenters. The summed E-state index contributed by atoms with van der Waals surface area (Å²) in [6.07, 6.45) is 3.77. The molecule has 1 aliphatic heterocycles. The van der Waals surface area contributed by atoms with Crippen LogP contribution < -0.4 is 0 Å². The van der Waals surface area contributed by atoms with E-state index < -0.39 is 0 Å². The van der Waals surface area contributed by atoms with E-state index in [1.807, 2.05) is 24.3 Å². The average molecular weight is 242 g/mol. The van der Waals surface area contributed by atoms with Gasteiger partial charge in [0.2, 0.25) is 5.89 Å². The first kappa shape index (κ1) is 10.6. The molecule has 0 spiro atoms. The molecule has 18 heavy (non-hydrogen) atoms. The van der Waals surface area contributed by atoms with E-state index in [2.05, 4.69) is 11.8 Å². The average Bonchev–Trinajstić information content (AvgIpc) is 3.10. The van der Waals surface area contributed by atoms with Crippen LogP contribution in [-0.2, 0) is 5.54 Å². The van der Waals surface area contributed by atoms with Crippen molar-refractivity contribution in [3.8, 4) is 0 Å². The molecule has 2 heterocycles. The van der Waals surface area contributed by atoms with Gasteiger partial charge in [-0.15, -0.1) is 0 Å². The smallest absolute Gasteiger partial charge is 0.216 e. The van der Waals surface area contributed by atoms with E-state index in [-0.39, 0.29) is 5.54 Å². The van der Waals surface area contributed by atoms with Gasteiger partial charge in [0, 0.05) is 6.54 Å². The first-order valence-electron chi connectivity index (χ1n) is 6.93. The number of aromatic nitrogens is 1. The summed E-state index contributed by atoms with van der Waals surface area (Å²) in [6, 6.07) is 8.09. The highest BCUT2D eigenvalue weighted by Gasteiger charge is 2.54. The van der Waals surface area contributed by atoms with Gasteiger partial charge in [-0.1, -0.05) is 19.1 Å². The van der Waals surface area contributed by atoms with Crippen LogP contribution >= 0.6 is 0 Å². The van der Waals surface area contributed by atoms with Crippen molar-refractivity contribution in [2.24, 2.45) is 5.92 Å². The van der Waals surface area contributed by atoms with Gasteiger partial charge in [0.05, 0.1) is 5.54 Å². The maximum atomic E-state index is 6.05. The van der Waals surface area contributed by atoms with Crippen molar-refractivity contribution >= 4 is 11.1 Å². The van der Waals surface area contributed by atoms with Gasteiger partial charge >= 0.3 is 0 Å². The number of nitrogens with zero attached hydrogens (tertiary/aromatic N) is 2. The Hall–Kier alpha value is -1.35. The molecule has 1 saturated carbocycles. The van der Waals surface area contributed by atoms with Crippen molar-refractivity contribution in [2.75, 3.05) is 13.1 Å². The Morgan fingerprint density at radius 1 is 1.44 bits per heavy atom. The highest BCUT2D eigenvalue weighted by atomic mass is 16.4. The van der Waals surface area contributed by atoms with Gasteiger partial charge in [0.25, 0.3) is 0 Å². The van der Waals surface area contributed by atoms with Gasteiger partial charge in [-0.2, -0.15) is 0 Å². The molecular formula is C15H18N2O. The van der Waals surface area contributed by atoms with E-state index in [1.54, 1.807) is 0 Å². The van der Waals surface area contributed by atoms with Crippen LogP contribution in [0.3, 0.4) is 0 Å². The lowest BCUT2D eigenvalue weighted by Crippen LogP contribution is -2.42. The molecule has 2 aliphatic rings. The third-order valence-corrected chi connectivity index (χ3v) is 4.75. The molecule has 94 valence electrons. The fourth-order valence-electron chi connectivity index (χ4n) is 3.89. The molecule has 1 aromatic carbocycles. The molecule has 3 heteroatoms. The topological polar surface area (TPSA) is 29.3 Å². The highest BCUT2D eigenvalue weighted by Crippen LogP contribution is 2.52. The molecule has 1 aliphatic carbocycles. The van der Waals surface area contributed by atoms with Crippen LogP contribution in [0, 0.1) is 5.92 Å². The van der Waals surface area contributed by atoms with Crippen molar-refractivity contribution in [2.45, 2.75) is 31.7 Å². The lowest BCUT2D eigenvalue weighted by atomic mass is 9.97. The maximum absolute atomic E-state index is 6.05. The second-order valence-electron chi connectivity index (χ2n) is 5.67. The van der Waals surface area contributed by atoms with E-state index in [0.717, 1.165) is 29.5 Å². The normalized spacial score (nSPS) is 31.5. The monoisotopic (exact) mass is 242 g/mol. The summed E-state index contributed by atoms with van der Waals surface area (Å²) >= 11 is 0. The van der Waals surface area contributed by atoms with Crippen molar-refractivity contribution in [1.82, 2.24) is 9.88 Å². The summed E-state index contributed by atoms with van der Waals surface area (Å²) in [5.74, 6) is 1.80. The minimum absolute atomic E-state index is 0.0957. The fourth-order valence-corrected chi connectivity index (χ4v) is 3.89. The molecule has 0 unspecified atom stereocenters. The zero-order chi connectivity index (χ0) is 12.2. The first-order valence-corrected chi connectivity index (χ1v) is 6.93. The number of oxazole rings is 1. The Morgan fingerprint density at radius 3 is 3.11 bits per heavy atom. The van der Waals surface area contributed by atoms with E-state index in [0.29, 0.717) is 0 Å². The summed E-state index contributed by atoms with van der Waals surface area (Å²) in [5.41, 5.74) is 2.01. The maximum Gasteiger partial charge on any atom is 0.216 e. The van der Waals surface area contributed by atoms with Gasteiger partial charge in [0.1, 0.15) is 5.52 Å². The number of likely N-dealkylation sites (tertiary alicyclic amines) is 1. The largest absolute Gasteiger partial charge is 0.439 e. The molecular weight excluding hydrogens is 224 g/mol. The summed E-state index contributed by atoms with van der Waals surface area (Å²) in [5, 5.41) is 0. The second-order valence-corrected chi connectivity index (χ2v) is 5.67. The molecule has 1 saturated heterocycles. The predicted octanol–water partition coefficient (Wildman–Crippen LogP) is 3.16. The van der Waals surface area contributed by atoms with Crippen molar-refractivity contribution < 1.29 is 4.42 Å². The third kappa shape index (κ3) is 1.25. The van der Waals surface area contributed by atoms with Crippen molar-refractivity contribution in [1.29, 1.82) is 0 Å². The van der Waals surface area contributed by atoms with Crippen molar-refractivity contribution in [3.05, 3.63) is 30.2 Å². The fraction of sp³-hybridized carbons (Fsp3) is 0.533. The molecule has 0 N–H and O–H groups in total. The van der Waals surface area contributed by atoms with Crippen LogP contribution in [0.15, 0.2) is 28.7 Å². The summed E-state index contributed by atoms with van der Waals surface area (Å²) in [6.45, 7) is 4.55. The zero-order valence-electron chi connectivity index (χ0n) is 10.7. The molecule has 0 amide bonds. The Bertz CT molecular complexity index is 558. The van der Waals surface area contributed by atoms with E-state index >= 15 is 0 Å².